The van der Waals surface area contributed by atoms with Gasteiger partial charge in [-0.3, -0.25) is 4.79 Å². The molecule has 1 saturated heterocycles. The molecule has 2 atom stereocenters. The minimum atomic E-state index is -0.510. The van der Waals surface area contributed by atoms with Crippen LogP contribution in [0.25, 0.3) is 0 Å². The van der Waals surface area contributed by atoms with Crippen molar-refractivity contribution in [3.63, 3.8) is 0 Å². The molecule has 1 saturated carbocycles. The van der Waals surface area contributed by atoms with Gasteiger partial charge in [-0.25, -0.2) is 4.79 Å². The number of fused-ring (bicyclic) bond motifs is 1. The SMILES string of the molecule is C=C(C)C(=O)ON1C(=O)C2CCCC21. The van der Waals surface area contributed by atoms with E-state index in [-0.39, 0.29) is 17.9 Å². The maximum atomic E-state index is 11.4. The summed E-state index contributed by atoms with van der Waals surface area (Å²) in [6, 6.07) is 0.130. The molecule has 0 radical (unpaired) electrons. The fourth-order valence-electron chi connectivity index (χ4n) is 2.03. The highest BCUT2D eigenvalue weighted by atomic mass is 16.7. The Balaban J connectivity index is 1.97. The van der Waals surface area contributed by atoms with Crippen LogP contribution >= 0.6 is 0 Å². The van der Waals surface area contributed by atoms with Gasteiger partial charge in [-0.1, -0.05) is 13.0 Å². The van der Waals surface area contributed by atoms with Gasteiger partial charge in [0, 0.05) is 5.57 Å². The maximum Gasteiger partial charge on any atom is 0.358 e. The predicted octanol–water partition coefficient (Wildman–Crippen LogP) is 1.03. The molecule has 0 aromatic rings. The summed E-state index contributed by atoms with van der Waals surface area (Å²) in [5, 5.41) is 1.22. The highest BCUT2D eigenvalue weighted by Gasteiger charge is 2.52. The van der Waals surface area contributed by atoms with E-state index in [0.717, 1.165) is 19.3 Å². The summed E-state index contributed by atoms with van der Waals surface area (Å²) in [5.41, 5.74) is 0.319. The molecule has 2 aliphatic rings. The van der Waals surface area contributed by atoms with Gasteiger partial charge in [0.1, 0.15) is 0 Å². The number of hydrogen-bond donors (Lipinski definition) is 0. The lowest BCUT2D eigenvalue weighted by Gasteiger charge is -2.40. The predicted molar refractivity (Wildman–Crippen MR) is 48.9 cm³/mol. The van der Waals surface area contributed by atoms with Gasteiger partial charge in [0.2, 0.25) is 0 Å². The third kappa shape index (κ3) is 1.22. The molecule has 0 bridgehead atoms. The largest absolute Gasteiger partial charge is 0.358 e. The molecule has 0 aromatic carbocycles. The van der Waals surface area contributed by atoms with Crippen molar-refractivity contribution in [1.82, 2.24) is 5.06 Å². The lowest BCUT2D eigenvalue weighted by molar-refractivity contribution is -0.232. The van der Waals surface area contributed by atoms with E-state index in [9.17, 15) is 9.59 Å². The molecule has 2 unspecified atom stereocenters. The van der Waals surface area contributed by atoms with E-state index in [0.29, 0.717) is 5.57 Å². The van der Waals surface area contributed by atoms with Crippen LogP contribution in [0.5, 0.6) is 0 Å². The Morgan fingerprint density at radius 3 is 2.93 bits per heavy atom. The standard InChI is InChI=1S/C10H13NO3/c1-6(2)10(13)14-11-8-5-3-4-7(8)9(11)12/h7-8H,1,3-5H2,2H3. The van der Waals surface area contributed by atoms with Crippen molar-refractivity contribution in [1.29, 1.82) is 0 Å². The molecule has 0 spiro atoms. The zero-order chi connectivity index (χ0) is 10.3. The van der Waals surface area contributed by atoms with E-state index in [1.165, 1.54) is 5.06 Å². The van der Waals surface area contributed by atoms with E-state index in [4.69, 9.17) is 4.84 Å². The number of nitrogens with zero attached hydrogens (tertiary/aromatic N) is 1. The molecule has 2 fully saturated rings. The molecule has 4 heteroatoms. The van der Waals surface area contributed by atoms with Gasteiger partial charge in [-0.05, 0) is 19.8 Å². The zero-order valence-electron chi connectivity index (χ0n) is 8.16. The first-order valence-electron chi connectivity index (χ1n) is 4.82. The first-order chi connectivity index (χ1) is 6.61. The van der Waals surface area contributed by atoms with Crippen molar-refractivity contribution in [2.24, 2.45) is 5.92 Å². The highest BCUT2D eigenvalue weighted by molar-refractivity contribution is 5.91. The number of rotatable bonds is 2. The van der Waals surface area contributed by atoms with Gasteiger partial charge in [-0.15, -0.1) is 0 Å². The first kappa shape index (κ1) is 9.24. The molecule has 1 aliphatic carbocycles. The van der Waals surface area contributed by atoms with Crippen LogP contribution in [0.4, 0.5) is 0 Å². The van der Waals surface area contributed by atoms with Gasteiger partial charge < -0.3 is 4.84 Å². The van der Waals surface area contributed by atoms with Gasteiger partial charge in [0.15, 0.2) is 0 Å². The molecule has 4 nitrogen and oxygen atoms in total. The van der Waals surface area contributed by atoms with Gasteiger partial charge in [-0.2, -0.15) is 5.06 Å². The average molecular weight is 195 g/mol. The van der Waals surface area contributed by atoms with Gasteiger partial charge in [0.25, 0.3) is 5.91 Å². The number of carbonyl (C=O) groups is 2. The van der Waals surface area contributed by atoms with Crippen LogP contribution in [0.1, 0.15) is 26.2 Å². The molecule has 2 rings (SSSR count). The number of carbonyl (C=O) groups excluding carboxylic acids is 2. The molecule has 14 heavy (non-hydrogen) atoms. The Hall–Kier alpha value is -1.32. The fourth-order valence-corrected chi connectivity index (χ4v) is 2.03. The number of β-lactam (4-membered cyclic amide) rings is 1. The Kier molecular flexibility index (Phi) is 2.06. The number of amides is 1. The quantitative estimate of drug-likeness (QED) is 0.488. The van der Waals surface area contributed by atoms with Crippen molar-refractivity contribution < 1.29 is 14.4 Å². The van der Waals surface area contributed by atoms with Gasteiger partial charge in [0.05, 0.1) is 12.0 Å². The number of hydroxylamine groups is 2. The van der Waals surface area contributed by atoms with Crippen LogP contribution in [-0.4, -0.2) is 23.0 Å². The lowest BCUT2D eigenvalue weighted by atomic mass is 9.94. The summed E-state index contributed by atoms with van der Waals surface area (Å²) in [7, 11) is 0. The van der Waals surface area contributed by atoms with E-state index < -0.39 is 5.97 Å². The molecule has 0 N–H and O–H groups in total. The van der Waals surface area contributed by atoms with Crippen LogP contribution < -0.4 is 0 Å². The minimum absolute atomic E-state index is 0.0536. The van der Waals surface area contributed by atoms with Crippen molar-refractivity contribution in [3.05, 3.63) is 12.2 Å². The summed E-state index contributed by atoms with van der Waals surface area (Å²) in [6.45, 7) is 5.03. The zero-order valence-corrected chi connectivity index (χ0v) is 8.16. The molecule has 76 valence electrons. The van der Waals surface area contributed by atoms with Crippen LogP contribution in [0.3, 0.4) is 0 Å². The third-order valence-electron chi connectivity index (χ3n) is 2.84. The maximum absolute atomic E-state index is 11.4. The van der Waals surface area contributed by atoms with E-state index in [1.807, 2.05) is 0 Å². The second-order valence-corrected chi connectivity index (χ2v) is 3.93. The van der Waals surface area contributed by atoms with E-state index in [2.05, 4.69) is 6.58 Å². The topological polar surface area (TPSA) is 46.6 Å². The summed E-state index contributed by atoms with van der Waals surface area (Å²) >= 11 is 0. The average Bonchev–Trinajstić information content (AvgIpc) is 2.57. The Morgan fingerprint density at radius 2 is 2.29 bits per heavy atom. The Bertz CT molecular complexity index is 310. The Morgan fingerprint density at radius 1 is 1.57 bits per heavy atom. The summed E-state index contributed by atoms with van der Waals surface area (Å²) in [4.78, 5) is 27.5. The summed E-state index contributed by atoms with van der Waals surface area (Å²) < 4.78 is 0. The highest BCUT2D eigenvalue weighted by Crippen LogP contribution is 2.40. The first-order valence-corrected chi connectivity index (χ1v) is 4.82. The van der Waals surface area contributed by atoms with Crippen LogP contribution in [-0.2, 0) is 14.4 Å². The van der Waals surface area contributed by atoms with Crippen molar-refractivity contribution in [2.45, 2.75) is 32.2 Å². The van der Waals surface area contributed by atoms with E-state index in [1.54, 1.807) is 6.92 Å². The molecular weight excluding hydrogens is 182 g/mol. The Labute approximate surface area is 82.5 Å². The summed E-state index contributed by atoms with van der Waals surface area (Å²) in [5.74, 6) is -0.460. The van der Waals surface area contributed by atoms with E-state index >= 15 is 0 Å². The van der Waals surface area contributed by atoms with Crippen LogP contribution in [0.2, 0.25) is 0 Å². The molecule has 1 aliphatic heterocycles. The van der Waals surface area contributed by atoms with Gasteiger partial charge >= 0.3 is 5.97 Å². The summed E-state index contributed by atoms with van der Waals surface area (Å²) in [6.07, 6.45) is 2.92. The molecule has 1 heterocycles. The fraction of sp³-hybridized carbons (Fsp3) is 0.600. The monoisotopic (exact) mass is 195 g/mol. The second kappa shape index (κ2) is 3.12. The third-order valence-corrected chi connectivity index (χ3v) is 2.84. The molecule has 1 amide bonds. The van der Waals surface area contributed by atoms with Crippen LogP contribution in [0.15, 0.2) is 12.2 Å². The second-order valence-electron chi connectivity index (χ2n) is 3.93. The minimum Gasteiger partial charge on any atom is -0.333 e. The van der Waals surface area contributed by atoms with Crippen molar-refractivity contribution in [2.75, 3.05) is 0 Å². The molecular formula is C10H13NO3. The lowest BCUT2D eigenvalue weighted by Crippen LogP contribution is -2.58. The number of hydrogen-bond acceptors (Lipinski definition) is 3. The molecule has 0 aromatic heterocycles. The van der Waals surface area contributed by atoms with Crippen molar-refractivity contribution in [3.8, 4) is 0 Å². The van der Waals surface area contributed by atoms with Crippen molar-refractivity contribution >= 4 is 11.9 Å². The smallest absolute Gasteiger partial charge is 0.333 e. The normalized spacial score (nSPS) is 29.5. The van der Waals surface area contributed by atoms with Crippen LogP contribution in [0, 0.1) is 5.92 Å².